The van der Waals surface area contributed by atoms with Crippen LogP contribution in [0.1, 0.15) is 19.8 Å². The standard InChI is InChI=1S/C9H16N2O/c1-3-8(12)11-9(2,6-10)7-4-5-7/h3,7H,1,4-6,10H2,2H3,(H,11,12). The number of amides is 1. The second-order valence-electron chi connectivity index (χ2n) is 3.59. The molecule has 0 saturated heterocycles. The van der Waals surface area contributed by atoms with Gasteiger partial charge < -0.3 is 11.1 Å². The van der Waals surface area contributed by atoms with Gasteiger partial charge in [0.2, 0.25) is 5.91 Å². The first kappa shape index (κ1) is 9.26. The summed E-state index contributed by atoms with van der Waals surface area (Å²) in [7, 11) is 0. The normalized spacial score (nSPS) is 21.2. The topological polar surface area (TPSA) is 55.1 Å². The molecular formula is C9H16N2O. The Morgan fingerprint density at radius 1 is 1.83 bits per heavy atom. The summed E-state index contributed by atoms with van der Waals surface area (Å²) in [5.41, 5.74) is 5.38. The maximum Gasteiger partial charge on any atom is 0.243 e. The molecule has 1 amide bonds. The SMILES string of the molecule is C=CC(=O)NC(C)(CN)C1CC1. The fourth-order valence-corrected chi connectivity index (χ4v) is 1.37. The van der Waals surface area contributed by atoms with Gasteiger partial charge in [0.05, 0.1) is 5.54 Å². The largest absolute Gasteiger partial charge is 0.346 e. The van der Waals surface area contributed by atoms with Gasteiger partial charge in [-0.25, -0.2) is 0 Å². The van der Waals surface area contributed by atoms with Gasteiger partial charge in [0.25, 0.3) is 0 Å². The Hall–Kier alpha value is -0.830. The van der Waals surface area contributed by atoms with Crippen LogP contribution in [-0.4, -0.2) is 18.0 Å². The lowest BCUT2D eigenvalue weighted by molar-refractivity contribution is -0.118. The molecule has 0 bridgehead atoms. The van der Waals surface area contributed by atoms with Crippen molar-refractivity contribution in [2.45, 2.75) is 25.3 Å². The van der Waals surface area contributed by atoms with E-state index in [0.29, 0.717) is 12.5 Å². The second kappa shape index (κ2) is 3.27. The van der Waals surface area contributed by atoms with Crippen LogP contribution in [0.15, 0.2) is 12.7 Å². The van der Waals surface area contributed by atoms with Crippen LogP contribution in [0.3, 0.4) is 0 Å². The van der Waals surface area contributed by atoms with Gasteiger partial charge in [-0.15, -0.1) is 0 Å². The third-order valence-corrected chi connectivity index (χ3v) is 2.50. The molecule has 0 aliphatic heterocycles. The van der Waals surface area contributed by atoms with Crippen molar-refractivity contribution in [3.63, 3.8) is 0 Å². The highest BCUT2D eigenvalue weighted by Crippen LogP contribution is 2.38. The molecule has 0 spiro atoms. The quantitative estimate of drug-likeness (QED) is 0.598. The van der Waals surface area contributed by atoms with E-state index in [1.165, 1.54) is 18.9 Å². The minimum absolute atomic E-state index is 0.130. The Labute approximate surface area is 73.0 Å². The summed E-state index contributed by atoms with van der Waals surface area (Å²) >= 11 is 0. The summed E-state index contributed by atoms with van der Waals surface area (Å²) in [5.74, 6) is 0.432. The van der Waals surface area contributed by atoms with Gasteiger partial charge >= 0.3 is 0 Å². The zero-order valence-corrected chi connectivity index (χ0v) is 7.47. The molecule has 3 heteroatoms. The number of hydrogen-bond donors (Lipinski definition) is 2. The Kier molecular flexibility index (Phi) is 2.52. The van der Waals surface area contributed by atoms with Crippen LogP contribution < -0.4 is 11.1 Å². The molecule has 3 N–H and O–H groups in total. The lowest BCUT2D eigenvalue weighted by atomic mass is 9.96. The Morgan fingerprint density at radius 2 is 2.42 bits per heavy atom. The number of rotatable bonds is 4. The van der Waals surface area contributed by atoms with Crippen LogP contribution in [-0.2, 0) is 4.79 Å². The zero-order chi connectivity index (χ0) is 9.19. The van der Waals surface area contributed by atoms with Gasteiger partial charge in [-0.3, -0.25) is 4.79 Å². The molecule has 1 atom stereocenters. The average Bonchev–Trinajstić information content (AvgIpc) is 2.86. The first-order valence-electron chi connectivity index (χ1n) is 4.27. The molecule has 1 aliphatic carbocycles. The Balaban J connectivity index is 2.53. The first-order chi connectivity index (χ1) is 5.62. The molecule has 12 heavy (non-hydrogen) atoms. The summed E-state index contributed by atoms with van der Waals surface area (Å²) < 4.78 is 0. The fraction of sp³-hybridized carbons (Fsp3) is 0.667. The minimum Gasteiger partial charge on any atom is -0.346 e. The van der Waals surface area contributed by atoms with Crippen LogP contribution in [0.25, 0.3) is 0 Å². The summed E-state index contributed by atoms with van der Waals surface area (Å²) in [5, 5.41) is 2.87. The average molecular weight is 168 g/mol. The molecule has 0 aromatic carbocycles. The van der Waals surface area contributed by atoms with Crippen molar-refractivity contribution in [3.05, 3.63) is 12.7 Å². The van der Waals surface area contributed by atoms with E-state index in [2.05, 4.69) is 11.9 Å². The number of nitrogens with two attached hydrogens (primary N) is 1. The van der Waals surface area contributed by atoms with Crippen molar-refractivity contribution in [2.75, 3.05) is 6.54 Å². The molecule has 68 valence electrons. The second-order valence-corrected chi connectivity index (χ2v) is 3.59. The van der Waals surface area contributed by atoms with Crippen LogP contribution in [0.5, 0.6) is 0 Å². The van der Waals surface area contributed by atoms with E-state index < -0.39 is 0 Å². The maximum absolute atomic E-state index is 11.0. The predicted molar refractivity (Wildman–Crippen MR) is 48.5 cm³/mol. The van der Waals surface area contributed by atoms with Gasteiger partial charge in [0, 0.05) is 6.54 Å². The summed E-state index contributed by atoms with van der Waals surface area (Å²) in [6.07, 6.45) is 3.63. The molecule has 1 fully saturated rings. The number of carbonyl (C=O) groups excluding carboxylic acids is 1. The lowest BCUT2D eigenvalue weighted by Gasteiger charge is -2.28. The predicted octanol–water partition coefficient (Wildman–Crippen LogP) is 0.416. The van der Waals surface area contributed by atoms with Crippen LogP contribution in [0, 0.1) is 5.92 Å². The van der Waals surface area contributed by atoms with Crippen molar-refractivity contribution in [3.8, 4) is 0 Å². The molecule has 0 aromatic heterocycles. The van der Waals surface area contributed by atoms with Gasteiger partial charge in [0.1, 0.15) is 0 Å². The highest BCUT2D eigenvalue weighted by Gasteiger charge is 2.41. The summed E-state index contributed by atoms with van der Waals surface area (Å²) in [6, 6.07) is 0. The lowest BCUT2D eigenvalue weighted by Crippen LogP contribution is -2.52. The Bertz CT molecular complexity index is 199. The molecule has 1 rings (SSSR count). The van der Waals surface area contributed by atoms with E-state index in [1.54, 1.807) is 0 Å². The van der Waals surface area contributed by atoms with Crippen LogP contribution >= 0.6 is 0 Å². The van der Waals surface area contributed by atoms with Gasteiger partial charge in [-0.1, -0.05) is 6.58 Å². The highest BCUT2D eigenvalue weighted by atomic mass is 16.1. The number of hydrogen-bond acceptors (Lipinski definition) is 2. The van der Waals surface area contributed by atoms with E-state index in [9.17, 15) is 4.79 Å². The number of nitrogens with one attached hydrogen (secondary N) is 1. The smallest absolute Gasteiger partial charge is 0.243 e. The molecule has 0 aromatic rings. The van der Waals surface area contributed by atoms with Crippen molar-refractivity contribution in [1.29, 1.82) is 0 Å². The molecule has 1 unspecified atom stereocenters. The molecular weight excluding hydrogens is 152 g/mol. The van der Waals surface area contributed by atoms with Crippen molar-refractivity contribution in [1.82, 2.24) is 5.32 Å². The third-order valence-electron chi connectivity index (χ3n) is 2.50. The van der Waals surface area contributed by atoms with E-state index in [1.807, 2.05) is 6.92 Å². The van der Waals surface area contributed by atoms with Crippen molar-refractivity contribution >= 4 is 5.91 Å². The van der Waals surface area contributed by atoms with Crippen molar-refractivity contribution < 1.29 is 4.79 Å². The van der Waals surface area contributed by atoms with Gasteiger partial charge in [-0.05, 0) is 31.8 Å². The van der Waals surface area contributed by atoms with Gasteiger partial charge in [0.15, 0.2) is 0 Å². The molecule has 1 saturated carbocycles. The maximum atomic E-state index is 11.0. The fourth-order valence-electron chi connectivity index (χ4n) is 1.37. The van der Waals surface area contributed by atoms with E-state index in [4.69, 9.17) is 5.73 Å². The molecule has 3 nitrogen and oxygen atoms in total. The number of carbonyl (C=O) groups is 1. The van der Waals surface area contributed by atoms with Crippen molar-refractivity contribution in [2.24, 2.45) is 11.7 Å². The molecule has 0 heterocycles. The first-order valence-corrected chi connectivity index (χ1v) is 4.27. The van der Waals surface area contributed by atoms with E-state index >= 15 is 0 Å². The monoisotopic (exact) mass is 168 g/mol. The van der Waals surface area contributed by atoms with Crippen LogP contribution in [0.4, 0.5) is 0 Å². The minimum atomic E-state index is -0.217. The summed E-state index contributed by atoms with van der Waals surface area (Å²) in [6.45, 7) is 5.90. The summed E-state index contributed by atoms with van der Waals surface area (Å²) in [4.78, 5) is 11.0. The highest BCUT2D eigenvalue weighted by molar-refractivity contribution is 5.87. The molecule has 0 radical (unpaired) electrons. The van der Waals surface area contributed by atoms with Crippen LogP contribution in [0.2, 0.25) is 0 Å². The molecule has 1 aliphatic rings. The van der Waals surface area contributed by atoms with E-state index in [0.717, 1.165) is 0 Å². The Morgan fingerprint density at radius 3 is 2.75 bits per heavy atom. The third kappa shape index (κ3) is 1.85. The van der Waals surface area contributed by atoms with E-state index in [-0.39, 0.29) is 11.4 Å². The van der Waals surface area contributed by atoms with Gasteiger partial charge in [-0.2, -0.15) is 0 Å². The zero-order valence-electron chi connectivity index (χ0n) is 7.47.